The summed E-state index contributed by atoms with van der Waals surface area (Å²) >= 11 is 3.08. The van der Waals surface area contributed by atoms with E-state index in [0.717, 1.165) is 35.7 Å². The van der Waals surface area contributed by atoms with Gasteiger partial charge in [0.25, 0.3) is 0 Å². The molecule has 0 aliphatic heterocycles. The number of aromatic amines is 2. The predicted molar refractivity (Wildman–Crippen MR) is 179 cm³/mol. The van der Waals surface area contributed by atoms with Gasteiger partial charge in [0, 0.05) is 11.5 Å². The van der Waals surface area contributed by atoms with Gasteiger partial charge in [0.15, 0.2) is 11.6 Å². The SMILES string of the molecule is Oc1ccc(N=Nc2ccccc2)cc1-c1nc(SCCCCSc2n[nH]c(-c3cc(N=Nc4ccccc4)ccc3O)n2)n[nH]1. The monoisotopic (exact) mass is 648 g/mol. The van der Waals surface area contributed by atoms with Gasteiger partial charge >= 0.3 is 0 Å². The summed E-state index contributed by atoms with van der Waals surface area (Å²) in [6, 6.07) is 28.8. The molecular formula is C32H28N10O2S2. The van der Waals surface area contributed by atoms with Crippen LogP contribution in [0.3, 0.4) is 0 Å². The number of nitrogens with one attached hydrogen (secondary N) is 2. The minimum absolute atomic E-state index is 0.0787. The van der Waals surface area contributed by atoms with Crippen LogP contribution >= 0.6 is 23.5 Å². The lowest BCUT2D eigenvalue weighted by atomic mass is 10.1. The second-order valence-corrected chi connectivity index (χ2v) is 11.9. The highest BCUT2D eigenvalue weighted by Crippen LogP contribution is 2.34. The van der Waals surface area contributed by atoms with Crippen LogP contribution in [0.2, 0.25) is 0 Å². The van der Waals surface area contributed by atoms with Crippen LogP contribution in [0.5, 0.6) is 11.5 Å². The number of phenolic OH excluding ortho intramolecular Hbond substituents is 2. The van der Waals surface area contributed by atoms with E-state index in [-0.39, 0.29) is 11.5 Å². The molecule has 0 spiro atoms. The van der Waals surface area contributed by atoms with E-state index in [4.69, 9.17) is 0 Å². The average molecular weight is 649 g/mol. The van der Waals surface area contributed by atoms with E-state index >= 15 is 0 Å². The van der Waals surface area contributed by atoms with Gasteiger partial charge in [0.05, 0.1) is 33.9 Å². The normalized spacial score (nSPS) is 11.6. The summed E-state index contributed by atoms with van der Waals surface area (Å²) in [6.07, 6.45) is 1.88. The summed E-state index contributed by atoms with van der Waals surface area (Å²) in [4.78, 5) is 9.08. The molecule has 12 nitrogen and oxygen atoms in total. The van der Waals surface area contributed by atoms with Gasteiger partial charge in [-0.2, -0.15) is 20.5 Å². The lowest BCUT2D eigenvalue weighted by Crippen LogP contribution is -1.87. The molecule has 0 aliphatic rings. The number of azo groups is 2. The van der Waals surface area contributed by atoms with Gasteiger partial charge in [-0.3, -0.25) is 10.2 Å². The summed E-state index contributed by atoms with van der Waals surface area (Å²) in [5.74, 6) is 2.73. The third-order valence-corrected chi connectivity index (χ3v) is 8.34. The first-order valence-electron chi connectivity index (χ1n) is 14.3. The topological polar surface area (TPSA) is 173 Å². The zero-order valence-corrected chi connectivity index (χ0v) is 26.0. The molecular weight excluding hydrogens is 621 g/mol. The summed E-state index contributed by atoms with van der Waals surface area (Å²) < 4.78 is 0. The summed E-state index contributed by atoms with van der Waals surface area (Å²) in [6.45, 7) is 0. The highest BCUT2D eigenvalue weighted by molar-refractivity contribution is 7.99. The Morgan fingerprint density at radius 1 is 0.522 bits per heavy atom. The van der Waals surface area contributed by atoms with Crippen molar-refractivity contribution in [3.8, 4) is 34.3 Å². The van der Waals surface area contributed by atoms with Crippen molar-refractivity contribution in [2.24, 2.45) is 20.5 Å². The minimum Gasteiger partial charge on any atom is -0.507 e. The number of hydrogen-bond acceptors (Lipinski definition) is 12. The fourth-order valence-corrected chi connectivity index (χ4v) is 5.76. The molecule has 0 unspecified atom stereocenters. The van der Waals surface area contributed by atoms with Crippen LogP contribution in [0.4, 0.5) is 22.7 Å². The molecule has 230 valence electrons. The average Bonchev–Trinajstić information content (AvgIpc) is 3.77. The van der Waals surface area contributed by atoms with Crippen molar-refractivity contribution in [2.45, 2.75) is 23.2 Å². The zero-order chi connectivity index (χ0) is 31.6. The molecule has 14 heteroatoms. The van der Waals surface area contributed by atoms with Crippen LogP contribution < -0.4 is 0 Å². The molecule has 6 aromatic rings. The Morgan fingerprint density at radius 2 is 0.935 bits per heavy atom. The fraction of sp³-hybridized carbons (Fsp3) is 0.125. The number of aromatic nitrogens is 6. The van der Waals surface area contributed by atoms with E-state index < -0.39 is 0 Å². The number of phenols is 2. The number of unbranched alkanes of at least 4 members (excludes halogenated alkanes) is 1. The Labute approximate surface area is 272 Å². The van der Waals surface area contributed by atoms with Crippen LogP contribution in [0.25, 0.3) is 22.8 Å². The zero-order valence-electron chi connectivity index (χ0n) is 24.4. The number of aromatic hydroxyl groups is 2. The first-order chi connectivity index (χ1) is 22.6. The summed E-state index contributed by atoms with van der Waals surface area (Å²) in [7, 11) is 0. The van der Waals surface area contributed by atoms with Crippen molar-refractivity contribution in [3.63, 3.8) is 0 Å². The van der Waals surface area contributed by atoms with Crippen LogP contribution in [-0.4, -0.2) is 52.1 Å². The lowest BCUT2D eigenvalue weighted by Gasteiger charge is -2.02. The van der Waals surface area contributed by atoms with Crippen LogP contribution in [0.15, 0.2) is 128 Å². The number of thioether (sulfide) groups is 2. The third-order valence-electron chi connectivity index (χ3n) is 6.48. The Kier molecular flexibility index (Phi) is 10.1. The minimum atomic E-state index is 0.0787. The molecule has 4 N–H and O–H groups in total. The molecule has 0 atom stereocenters. The number of benzene rings is 4. The standard InChI is InChI=1S/C32H28N10O2S2/c43-27-15-13-23(37-35-21-9-3-1-4-10-21)19-25(27)29-33-31(41-39-29)45-17-7-8-18-46-32-34-30(40-42-32)26-20-24(14-16-28(26)44)38-36-22-11-5-2-6-12-22/h1-6,9-16,19-20,43-44H,7-8,17-18H2,(H,33,39,41)(H,34,40,42). The van der Waals surface area contributed by atoms with Crippen molar-refractivity contribution < 1.29 is 10.2 Å². The maximum Gasteiger partial charge on any atom is 0.208 e. The van der Waals surface area contributed by atoms with Gasteiger partial charge in [-0.15, -0.1) is 10.2 Å². The highest BCUT2D eigenvalue weighted by atomic mass is 32.2. The molecule has 46 heavy (non-hydrogen) atoms. The van der Waals surface area contributed by atoms with Gasteiger partial charge in [-0.25, -0.2) is 9.97 Å². The second-order valence-electron chi connectivity index (χ2n) is 9.81. The summed E-state index contributed by atoms with van der Waals surface area (Å²) in [5, 5.41) is 53.4. The van der Waals surface area contributed by atoms with Crippen molar-refractivity contribution in [1.29, 1.82) is 0 Å². The van der Waals surface area contributed by atoms with Crippen molar-refractivity contribution in [2.75, 3.05) is 11.5 Å². The molecule has 6 rings (SSSR count). The number of rotatable bonds is 13. The first-order valence-corrected chi connectivity index (χ1v) is 16.3. The maximum atomic E-state index is 10.4. The molecule has 0 fully saturated rings. The van der Waals surface area contributed by atoms with Crippen LogP contribution in [0, 0.1) is 0 Å². The first kappa shape index (κ1) is 30.7. The van der Waals surface area contributed by atoms with Gasteiger partial charge in [0.2, 0.25) is 10.3 Å². The number of H-pyrrole nitrogens is 2. The maximum absolute atomic E-state index is 10.4. The van der Waals surface area contributed by atoms with E-state index in [2.05, 4.69) is 50.8 Å². The molecule has 0 saturated carbocycles. The predicted octanol–water partition coefficient (Wildman–Crippen LogP) is 9.16. The van der Waals surface area contributed by atoms with Crippen molar-refractivity contribution in [1.82, 2.24) is 30.4 Å². The van der Waals surface area contributed by atoms with Crippen LogP contribution in [0.1, 0.15) is 12.8 Å². The Hall–Kier alpha value is -5.34. The molecule has 0 radical (unpaired) electrons. The highest BCUT2D eigenvalue weighted by Gasteiger charge is 2.13. The molecule has 0 aliphatic carbocycles. The molecule has 2 aromatic heterocycles. The molecule has 4 aromatic carbocycles. The quantitative estimate of drug-likeness (QED) is 0.0545. The number of nitrogens with zero attached hydrogens (tertiary/aromatic N) is 8. The van der Waals surface area contributed by atoms with E-state index in [1.807, 2.05) is 60.7 Å². The largest absolute Gasteiger partial charge is 0.507 e. The smallest absolute Gasteiger partial charge is 0.208 e. The Morgan fingerprint density at radius 3 is 1.37 bits per heavy atom. The summed E-state index contributed by atoms with van der Waals surface area (Å²) in [5.41, 5.74) is 3.67. The Balaban J connectivity index is 0.964. The molecule has 0 amide bonds. The van der Waals surface area contributed by atoms with Gasteiger partial charge in [0.1, 0.15) is 11.5 Å². The van der Waals surface area contributed by atoms with Crippen molar-refractivity contribution in [3.05, 3.63) is 97.1 Å². The third kappa shape index (κ3) is 8.22. The Bertz CT molecular complexity index is 1800. The molecule has 2 heterocycles. The van der Waals surface area contributed by atoms with E-state index in [0.29, 0.717) is 44.5 Å². The molecule has 0 bridgehead atoms. The van der Waals surface area contributed by atoms with Crippen LogP contribution in [-0.2, 0) is 0 Å². The molecule has 0 saturated heterocycles. The van der Waals surface area contributed by atoms with Gasteiger partial charge in [-0.05, 0) is 73.5 Å². The second kappa shape index (κ2) is 15.1. The number of hydrogen-bond donors (Lipinski definition) is 4. The van der Waals surface area contributed by atoms with E-state index in [1.165, 1.54) is 23.5 Å². The van der Waals surface area contributed by atoms with Crippen molar-refractivity contribution >= 4 is 46.3 Å². The van der Waals surface area contributed by atoms with Gasteiger partial charge < -0.3 is 10.2 Å². The lowest BCUT2D eigenvalue weighted by molar-refractivity contribution is 0.476. The van der Waals surface area contributed by atoms with Gasteiger partial charge in [-0.1, -0.05) is 59.9 Å². The fourth-order valence-electron chi connectivity index (χ4n) is 4.17. The van der Waals surface area contributed by atoms with E-state index in [1.54, 1.807) is 36.4 Å². The van der Waals surface area contributed by atoms with E-state index in [9.17, 15) is 10.2 Å².